The number of rotatable bonds is 6. The maximum atomic E-state index is 12.4. The van der Waals surface area contributed by atoms with E-state index in [1.165, 1.54) is 6.08 Å². The number of aromatic nitrogens is 1. The van der Waals surface area contributed by atoms with Crippen LogP contribution in [0.2, 0.25) is 0 Å². The Morgan fingerprint density at radius 3 is 2.89 bits per heavy atom. The Bertz CT molecular complexity index is 1050. The first-order valence-electron chi connectivity index (χ1n) is 9.54. The number of H-pyrrole nitrogens is 1. The van der Waals surface area contributed by atoms with Gasteiger partial charge in [-0.05, 0) is 37.0 Å². The molecule has 0 unspecified atom stereocenters. The number of amides is 1. The number of fused-ring (bicyclic) bond motifs is 1. The summed E-state index contributed by atoms with van der Waals surface area (Å²) in [5.74, 6) is 0.924. The third kappa shape index (κ3) is 3.79. The molecule has 0 spiro atoms. The normalized spacial score (nSPS) is 14.4. The van der Waals surface area contributed by atoms with Gasteiger partial charge < -0.3 is 19.6 Å². The Labute approximate surface area is 163 Å². The largest absolute Gasteiger partial charge is 0.441 e. The summed E-state index contributed by atoms with van der Waals surface area (Å²) in [5, 5.41) is 13.3. The molecular formula is C22H22N4O2. The number of benzene rings is 1. The first-order chi connectivity index (χ1) is 13.7. The van der Waals surface area contributed by atoms with Crippen molar-refractivity contribution in [2.75, 3.05) is 24.5 Å². The number of nitrogens with zero attached hydrogens (tertiary/aromatic N) is 2. The van der Waals surface area contributed by atoms with Crippen LogP contribution in [-0.4, -0.2) is 30.5 Å². The van der Waals surface area contributed by atoms with Gasteiger partial charge in [0.1, 0.15) is 17.4 Å². The van der Waals surface area contributed by atoms with Crippen LogP contribution >= 0.6 is 0 Å². The van der Waals surface area contributed by atoms with Crippen LogP contribution in [-0.2, 0) is 11.2 Å². The number of nitrogens with one attached hydrogen (secondary N) is 2. The lowest BCUT2D eigenvalue weighted by atomic mass is 10.1. The molecule has 0 saturated carbocycles. The van der Waals surface area contributed by atoms with Crippen LogP contribution in [0.4, 0.5) is 5.88 Å². The van der Waals surface area contributed by atoms with Crippen molar-refractivity contribution < 1.29 is 9.21 Å². The van der Waals surface area contributed by atoms with Gasteiger partial charge in [0.25, 0.3) is 5.91 Å². The van der Waals surface area contributed by atoms with Gasteiger partial charge in [-0.25, -0.2) is 0 Å². The minimum absolute atomic E-state index is 0.0428. The van der Waals surface area contributed by atoms with E-state index in [-0.39, 0.29) is 11.5 Å². The topological polar surface area (TPSA) is 85.1 Å². The highest BCUT2D eigenvalue weighted by Crippen LogP contribution is 2.24. The average Bonchev–Trinajstić information content (AvgIpc) is 3.46. The third-order valence-corrected chi connectivity index (χ3v) is 5.04. The number of nitriles is 1. The molecule has 1 aliphatic rings. The molecule has 1 fully saturated rings. The molecule has 6 nitrogen and oxygen atoms in total. The van der Waals surface area contributed by atoms with E-state index in [0.29, 0.717) is 18.7 Å². The van der Waals surface area contributed by atoms with Crippen molar-refractivity contribution in [1.29, 1.82) is 5.26 Å². The van der Waals surface area contributed by atoms with Crippen LogP contribution in [0.1, 0.15) is 24.2 Å². The van der Waals surface area contributed by atoms with Crippen molar-refractivity contribution in [2.45, 2.75) is 19.3 Å². The van der Waals surface area contributed by atoms with E-state index < -0.39 is 0 Å². The van der Waals surface area contributed by atoms with Crippen molar-refractivity contribution in [1.82, 2.24) is 10.3 Å². The number of hydrogen-bond acceptors (Lipinski definition) is 4. The highest BCUT2D eigenvalue weighted by atomic mass is 16.4. The maximum Gasteiger partial charge on any atom is 0.262 e. The molecule has 4 rings (SSSR count). The molecule has 2 aromatic heterocycles. The van der Waals surface area contributed by atoms with E-state index in [2.05, 4.69) is 21.3 Å². The van der Waals surface area contributed by atoms with Gasteiger partial charge in [0.15, 0.2) is 5.88 Å². The number of hydrogen-bond donors (Lipinski definition) is 2. The van der Waals surface area contributed by atoms with Gasteiger partial charge in [-0.3, -0.25) is 4.79 Å². The molecule has 0 atom stereocenters. The van der Waals surface area contributed by atoms with Crippen molar-refractivity contribution in [3.8, 4) is 6.07 Å². The van der Waals surface area contributed by atoms with E-state index >= 15 is 0 Å². The summed E-state index contributed by atoms with van der Waals surface area (Å²) in [5.41, 5.74) is 2.26. The smallest absolute Gasteiger partial charge is 0.262 e. The van der Waals surface area contributed by atoms with Gasteiger partial charge in [-0.15, -0.1) is 0 Å². The maximum absolute atomic E-state index is 12.4. The molecule has 28 heavy (non-hydrogen) atoms. The van der Waals surface area contributed by atoms with Crippen molar-refractivity contribution in [2.24, 2.45) is 0 Å². The van der Waals surface area contributed by atoms with E-state index in [4.69, 9.17) is 4.42 Å². The van der Waals surface area contributed by atoms with Crippen LogP contribution < -0.4 is 10.2 Å². The fraction of sp³-hybridized carbons (Fsp3) is 0.273. The van der Waals surface area contributed by atoms with Crippen LogP contribution in [0.15, 0.2) is 52.6 Å². The summed E-state index contributed by atoms with van der Waals surface area (Å²) >= 11 is 0. The molecule has 1 aliphatic heterocycles. The molecule has 0 bridgehead atoms. The molecule has 3 heterocycles. The zero-order valence-electron chi connectivity index (χ0n) is 15.6. The quantitative estimate of drug-likeness (QED) is 0.510. The van der Waals surface area contributed by atoms with Crippen molar-refractivity contribution >= 4 is 28.8 Å². The Kier molecular flexibility index (Phi) is 5.16. The number of anilines is 1. The minimum Gasteiger partial charge on any atom is -0.441 e. The summed E-state index contributed by atoms with van der Waals surface area (Å²) in [4.78, 5) is 17.8. The molecular weight excluding hydrogens is 352 g/mol. The Hall–Kier alpha value is -3.46. The Morgan fingerprint density at radius 1 is 1.25 bits per heavy atom. The standard InChI is InChI=1S/C22H22N4O2/c23-14-17(13-18-7-8-21(28-18)26-11-3-4-12-26)22(27)24-10-9-16-15-25-20-6-2-1-5-19(16)20/h1-2,5-8,13,15,25H,3-4,9-12H2,(H,24,27). The summed E-state index contributed by atoms with van der Waals surface area (Å²) in [6, 6.07) is 13.7. The fourth-order valence-electron chi connectivity index (χ4n) is 3.56. The monoisotopic (exact) mass is 374 g/mol. The zero-order chi connectivity index (χ0) is 19.3. The summed E-state index contributed by atoms with van der Waals surface area (Å²) in [6.07, 6.45) is 6.47. The summed E-state index contributed by atoms with van der Waals surface area (Å²) < 4.78 is 5.78. The predicted molar refractivity (Wildman–Crippen MR) is 109 cm³/mol. The number of carbonyl (C=O) groups excluding carboxylic acids is 1. The molecule has 142 valence electrons. The second-order valence-corrected chi connectivity index (χ2v) is 6.91. The van der Waals surface area contributed by atoms with Gasteiger partial charge in [-0.1, -0.05) is 18.2 Å². The van der Waals surface area contributed by atoms with E-state index in [9.17, 15) is 10.1 Å². The highest BCUT2D eigenvalue weighted by Gasteiger charge is 2.16. The van der Waals surface area contributed by atoms with Crippen molar-refractivity contribution in [3.63, 3.8) is 0 Å². The van der Waals surface area contributed by atoms with Crippen molar-refractivity contribution in [3.05, 3.63) is 59.5 Å². The molecule has 0 aliphatic carbocycles. The molecule has 1 aromatic carbocycles. The first-order valence-corrected chi connectivity index (χ1v) is 9.54. The van der Waals surface area contributed by atoms with Gasteiger partial charge in [0.2, 0.25) is 0 Å². The number of aromatic amines is 1. The van der Waals surface area contributed by atoms with Crippen LogP contribution in [0.25, 0.3) is 17.0 Å². The fourth-order valence-corrected chi connectivity index (χ4v) is 3.56. The molecule has 3 aromatic rings. The van der Waals surface area contributed by atoms with Gasteiger partial charge >= 0.3 is 0 Å². The predicted octanol–water partition coefficient (Wildman–Crippen LogP) is 3.63. The summed E-state index contributed by atoms with van der Waals surface area (Å²) in [6.45, 7) is 2.42. The Balaban J connectivity index is 1.37. The number of furan rings is 1. The average molecular weight is 374 g/mol. The molecule has 0 radical (unpaired) electrons. The third-order valence-electron chi connectivity index (χ3n) is 5.04. The van der Waals surface area contributed by atoms with Gasteiger partial charge in [0.05, 0.1) is 0 Å². The van der Waals surface area contributed by atoms with Crippen LogP contribution in [0.3, 0.4) is 0 Å². The lowest BCUT2D eigenvalue weighted by molar-refractivity contribution is -0.117. The second-order valence-electron chi connectivity index (χ2n) is 6.91. The lowest BCUT2D eigenvalue weighted by Crippen LogP contribution is -2.26. The number of carbonyl (C=O) groups is 1. The van der Waals surface area contributed by atoms with Crippen LogP contribution in [0, 0.1) is 11.3 Å². The Morgan fingerprint density at radius 2 is 2.07 bits per heavy atom. The first kappa shape index (κ1) is 17.9. The molecule has 2 N–H and O–H groups in total. The zero-order valence-corrected chi connectivity index (χ0v) is 15.6. The van der Waals surface area contributed by atoms with Crippen LogP contribution in [0.5, 0.6) is 0 Å². The van der Waals surface area contributed by atoms with E-state index in [1.807, 2.05) is 36.5 Å². The molecule has 6 heteroatoms. The van der Waals surface area contributed by atoms with Gasteiger partial charge in [0, 0.05) is 48.9 Å². The molecule has 1 saturated heterocycles. The number of para-hydroxylation sites is 1. The van der Waals surface area contributed by atoms with Gasteiger partial charge in [-0.2, -0.15) is 5.26 Å². The SMILES string of the molecule is N#CC(=Cc1ccc(N2CCCC2)o1)C(=O)NCCc1c[nH]c2ccccc12. The van der Waals surface area contributed by atoms with E-state index in [0.717, 1.165) is 48.3 Å². The minimum atomic E-state index is -0.388. The molecule has 1 amide bonds. The second kappa shape index (κ2) is 8.05. The summed E-state index contributed by atoms with van der Waals surface area (Å²) in [7, 11) is 0. The van der Waals surface area contributed by atoms with E-state index in [1.54, 1.807) is 6.07 Å². The highest BCUT2D eigenvalue weighted by molar-refractivity contribution is 6.01. The lowest BCUT2D eigenvalue weighted by Gasteiger charge is -2.12.